The Balaban J connectivity index is 1.87. The van der Waals surface area contributed by atoms with Gasteiger partial charge < -0.3 is 9.84 Å². The summed E-state index contributed by atoms with van der Waals surface area (Å²) >= 11 is 0. The van der Waals surface area contributed by atoms with E-state index in [-0.39, 0.29) is 5.75 Å². The van der Waals surface area contributed by atoms with Gasteiger partial charge in [0.05, 0.1) is 17.9 Å². The third kappa shape index (κ3) is 1.96. The zero-order valence-electron chi connectivity index (χ0n) is 15.7. The average Bonchev–Trinajstić information content (AvgIpc) is 2.74. The van der Waals surface area contributed by atoms with Crippen molar-refractivity contribution in [3.63, 3.8) is 0 Å². The number of hydrogen-bond acceptors (Lipinski definition) is 2. The van der Waals surface area contributed by atoms with Gasteiger partial charge in [0.1, 0.15) is 0 Å². The van der Waals surface area contributed by atoms with Crippen LogP contribution in [-0.2, 0) is 12.8 Å². The van der Waals surface area contributed by atoms with Gasteiger partial charge in [-0.25, -0.2) is 4.98 Å². The molecule has 0 aliphatic heterocycles. The van der Waals surface area contributed by atoms with Crippen LogP contribution in [0.3, 0.4) is 0 Å². The minimum Gasteiger partial charge on any atom is -0.504 e. The molecule has 28 heavy (non-hydrogen) atoms. The number of H-pyrrole nitrogens is 1. The lowest BCUT2D eigenvalue weighted by atomic mass is 9.83. The van der Waals surface area contributed by atoms with Crippen LogP contribution in [0.1, 0.15) is 17.5 Å². The van der Waals surface area contributed by atoms with Crippen molar-refractivity contribution in [3.8, 4) is 11.5 Å². The minimum atomic E-state index is 0.257. The first kappa shape index (κ1) is 15.7. The second-order valence-electron chi connectivity index (χ2n) is 7.68. The number of fused-ring (bicyclic) bond motifs is 6. The van der Waals surface area contributed by atoms with E-state index >= 15 is 0 Å². The van der Waals surface area contributed by atoms with Gasteiger partial charge >= 0.3 is 0 Å². The summed E-state index contributed by atoms with van der Waals surface area (Å²) in [5, 5.41) is 19.2. The highest BCUT2D eigenvalue weighted by atomic mass is 16.5. The molecule has 1 aliphatic carbocycles. The molecule has 0 bridgehead atoms. The molecule has 0 atom stereocenters. The number of hydrogen-bond donors (Lipinski definition) is 1. The van der Waals surface area contributed by atoms with Gasteiger partial charge in [-0.2, -0.15) is 0 Å². The van der Waals surface area contributed by atoms with E-state index < -0.39 is 0 Å². The molecule has 6 rings (SSSR count). The lowest BCUT2D eigenvalue weighted by Gasteiger charge is -2.21. The molecule has 0 spiro atoms. The number of aromatic nitrogens is 1. The van der Waals surface area contributed by atoms with Crippen molar-refractivity contribution >= 4 is 43.2 Å². The van der Waals surface area contributed by atoms with Crippen LogP contribution in [0.25, 0.3) is 43.2 Å². The van der Waals surface area contributed by atoms with E-state index in [1.807, 2.05) is 6.07 Å². The van der Waals surface area contributed by atoms with Crippen molar-refractivity contribution in [1.29, 1.82) is 0 Å². The first-order valence-corrected chi connectivity index (χ1v) is 9.76. The molecule has 3 nitrogen and oxygen atoms in total. The van der Waals surface area contributed by atoms with E-state index in [2.05, 4.69) is 53.6 Å². The van der Waals surface area contributed by atoms with E-state index in [0.29, 0.717) is 5.75 Å². The van der Waals surface area contributed by atoms with Crippen LogP contribution in [0, 0.1) is 0 Å². The first-order chi connectivity index (χ1) is 13.8. The molecular formula is C25H20NO2+. The second kappa shape index (κ2) is 5.59. The van der Waals surface area contributed by atoms with Gasteiger partial charge in [-0.15, -0.1) is 0 Å². The fourth-order valence-corrected chi connectivity index (χ4v) is 5.02. The lowest BCUT2D eigenvalue weighted by molar-refractivity contribution is -0.341. The van der Waals surface area contributed by atoms with Gasteiger partial charge in [0.2, 0.25) is 5.52 Å². The number of phenolic OH excluding ortho intramolecular Hbond substituents is 1. The molecule has 1 aromatic heterocycles. The monoisotopic (exact) mass is 366 g/mol. The third-order valence-electron chi connectivity index (χ3n) is 6.24. The minimum absolute atomic E-state index is 0.257. The summed E-state index contributed by atoms with van der Waals surface area (Å²) in [5.74, 6) is 0.793. The van der Waals surface area contributed by atoms with E-state index in [1.165, 1.54) is 38.1 Å². The Morgan fingerprint density at radius 1 is 0.893 bits per heavy atom. The highest BCUT2D eigenvalue weighted by molar-refractivity contribution is 6.19. The second-order valence-corrected chi connectivity index (χ2v) is 7.68. The predicted octanol–water partition coefficient (Wildman–Crippen LogP) is 5.32. The largest absolute Gasteiger partial charge is 0.504 e. The number of nitrogens with one attached hydrogen (secondary N) is 1. The number of phenols is 1. The third-order valence-corrected chi connectivity index (χ3v) is 6.24. The molecule has 1 heterocycles. The number of pyridine rings is 1. The Morgan fingerprint density at radius 3 is 2.68 bits per heavy atom. The summed E-state index contributed by atoms with van der Waals surface area (Å²) in [6.07, 6.45) is 5.23. The van der Waals surface area contributed by atoms with Crippen LogP contribution in [0.5, 0.6) is 11.5 Å². The lowest BCUT2D eigenvalue weighted by Crippen LogP contribution is -2.08. The predicted molar refractivity (Wildman–Crippen MR) is 113 cm³/mol. The van der Waals surface area contributed by atoms with Crippen LogP contribution in [0.4, 0.5) is 0 Å². The Bertz CT molecular complexity index is 1440. The molecule has 0 saturated carbocycles. The molecule has 0 saturated heterocycles. The number of aromatic amines is 1. The van der Waals surface area contributed by atoms with Crippen LogP contribution in [0.15, 0.2) is 54.7 Å². The van der Waals surface area contributed by atoms with E-state index in [9.17, 15) is 5.11 Å². The summed E-state index contributed by atoms with van der Waals surface area (Å²) < 4.78 is 5.38. The van der Waals surface area contributed by atoms with Crippen molar-refractivity contribution in [2.45, 2.75) is 19.3 Å². The quantitative estimate of drug-likeness (QED) is 0.322. The van der Waals surface area contributed by atoms with Gasteiger partial charge in [0.25, 0.3) is 0 Å². The zero-order valence-corrected chi connectivity index (χ0v) is 15.7. The maximum atomic E-state index is 10.9. The smallest absolute Gasteiger partial charge is 0.219 e. The van der Waals surface area contributed by atoms with Crippen molar-refractivity contribution in [2.75, 3.05) is 7.11 Å². The number of benzene rings is 4. The Morgan fingerprint density at radius 2 is 1.79 bits per heavy atom. The molecular weight excluding hydrogens is 346 g/mol. The first-order valence-electron chi connectivity index (χ1n) is 9.76. The standard InChI is InChI=1S/C25H19NO2/c1-28-21-10-9-15-12-20-22-14(6-4-8-18(22)23(15)25(21)27)11-19-17-7-3-2-5-16(17)13-26-24(19)20/h2-3,5,7,9-13,27H,4,6,8H2,1H3/p+1. The van der Waals surface area contributed by atoms with Crippen LogP contribution in [-0.4, -0.2) is 12.2 Å². The van der Waals surface area contributed by atoms with Gasteiger partial charge in [-0.05, 0) is 65.4 Å². The molecule has 1 aliphatic rings. The summed E-state index contributed by atoms with van der Waals surface area (Å²) in [7, 11) is 1.60. The molecule has 5 aromatic rings. The molecule has 136 valence electrons. The molecule has 2 N–H and O–H groups in total. The number of aryl methyl sites for hydroxylation is 2. The van der Waals surface area contributed by atoms with Gasteiger partial charge in [0.15, 0.2) is 17.7 Å². The highest BCUT2D eigenvalue weighted by Crippen LogP contribution is 2.44. The summed E-state index contributed by atoms with van der Waals surface area (Å²) in [6.45, 7) is 0. The fraction of sp³-hybridized carbons (Fsp3) is 0.160. The molecule has 0 unspecified atom stereocenters. The summed E-state index contributed by atoms with van der Waals surface area (Å²) in [5.41, 5.74) is 3.78. The van der Waals surface area contributed by atoms with Crippen molar-refractivity contribution < 1.29 is 14.8 Å². The van der Waals surface area contributed by atoms with E-state index in [1.54, 1.807) is 7.11 Å². The van der Waals surface area contributed by atoms with Gasteiger partial charge in [-0.3, -0.25) is 0 Å². The van der Waals surface area contributed by atoms with Gasteiger partial charge in [0, 0.05) is 16.2 Å². The normalized spacial score (nSPS) is 13.6. The SMILES string of the molecule is COc1ccc2cc3c4c(cc5c6ccccc6c[nH+]c35)CCCc4c2c1O. The average molecular weight is 366 g/mol. The Labute approximate surface area is 162 Å². The Hall–Kier alpha value is -3.33. The molecule has 3 heteroatoms. The number of rotatable bonds is 1. The van der Waals surface area contributed by atoms with Crippen molar-refractivity contribution in [3.05, 3.63) is 65.9 Å². The van der Waals surface area contributed by atoms with E-state index in [0.717, 1.165) is 35.6 Å². The zero-order chi connectivity index (χ0) is 18.8. The van der Waals surface area contributed by atoms with Crippen molar-refractivity contribution in [2.24, 2.45) is 0 Å². The number of aromatic hydroxyl groups is 1. The summed E-state index contributed by atoms with van der Waals surface area (Å²) in [4.78, 5) is 3.55. The maximum Gasteiger partial charge on any atom is 0.219 e. The van der Waals surface area contributed by atoms with Gasteiger partial charge in [-0.1, -0.05) is 24.3 Å². The number of methoxy groups -OCH3 is 1. The van der Waals surface area contributed by atoms with Crippen molar-refractivity contribution in [1.82, 2.24) is 0 Å². The topological polar surface area (TPSA) is 43.6 Å². The van der Waals surface area contributed by atoms with Crippen LogP contribution < -0.4 is 9.72 Å². The number of ether oxygens (including phenoxy) is 1. The Kier molecular flexibility index (Phi) is 3.13. The molecule has 4 aromatic carbocycles. The van der Waals surface area contributed by atoms with Crippen LogP contribution in [0.2, 0.25) is 0 Å². The maximum absolute atomic E-state index is 10.9. The molecule has 0 radical (unpaired) electrons. The summed E-state index contributed by atoms with van der Waals surface area (Å²) in [6, 6.07) is 17.0. The van der Waals surface area contributed by atoms with Crippen LogP contribution >= 0.6 is 0 Å². The fourth-order valence-electron chi connectivity index (χ4n) is 5.02. The molecule has 0 fully saturated rings. The van der Waals surface area contributed by atoms with E-state index in [4.69, 9.17) is 4.74 Å². The highest BCUT2D eigenvalue weighted by Gasteiger charge is 2.23. The molecule has 0 amide bonds.